The van der Waals surface area contributed by atoms with Gasteiger partial charge in [-0.25, -0.2) is 0 Å². The predicted octanol–water partition coefficient (Wildman–Crippen LogP) is 3.73. The number of hydrogen-bond acceptors (Lipinski definition) is 5. The van der Waals surface area contributed by atoms with Gasteiger partial charge < -0.3 is 4.90 Å². The summed E-state index contributed by atoms with van der Waals surface area (Å²) in [6, 6.07) is 14.6. The van der Waals surface area contributed by atoms with Gasteiger partial charge in [-0.05, 0) is 19.1 Å². The first-order chi connectivity index (χ1) is 12.1. The molecular formula is C18H20N4O2S. The quantitative estimate of drug-likeness (QED) is 0.391. The van der Waals surface area contributed by atoms with Crippen LogP contribution < -0.4 is 5.43 Å². The summed E-state index contributed by atoms with van der Waals surface area (Å²) in [6.07, 6.45) is 0. The van der Waals surface area contributed by atoms with Gasteiger partial charge in [0.1, 0.15) is 0 Å². The van der Waals surface area contributed by atoms with Gasteiger partial charge in [0.15, 0.2) is 5.84 Å². The highest BCUT2D eigenvalue weighted by atomic mass is 32.2. The Hall–Kier alpha value is -2.54. The maximum atomic E-state index is 10.7. The van der Waals surface area contributed by atoms with Gasteiger partial charge in [0.25, 0.3) is 5.69 Å². The summed E-state index contributed by atoms with van der Waals surface area (Å²) >= 11 is 1.95. The van der Waals surface area contributed by atoms with E-state index in [4.69, 9.17) is 0 Å². The van der Waals surface area contributed by atoms with Crippen LogP contribution in [0, 0.1) is 17.0 Å². The number of aryl methyl sites for hydroxylation is 1. The van der Waals surface area contributed by atoms with Crippen molar-refractivity contribution in [1.29, 1.82) is 0 Å². The molecule has 6 nitrogen and oxygen atoms in total. The lowest BCUT2D eigenvalue weighted by Gasteiger charge is -2.29. The van der Waals surface area contributed by atoms with Crippen LogP contribution >= 0.6 is 11.8 Å². The van der Waals surface area contributed by atoms with E-state index >= 15 is 0 Å². The van der Waals surface area contributed by atoms with Crippen molar-refractivity contribution in [1.82, 2.24) is 4.90 Å². The van der Waals surface area contributed by atoms with Crippen molar-refractivity contribution in [3.8, 4) is 0 Å². The molecule has 0 unspecified atom stereocenters. The number of anilines is 1. The molecule has 1 N–H and O–H groups in total. The van der Waals surface area contributed by atoms with E-state index in [0.717, 1.165) is 41.7 Å². The van der Waals surface area contributed by atoms with Crippen LogP contribution in [0.2, 0.25) is 0 Å². The van der Waals surface area contributed by atoms with Crippen molar-refractivity contribution in [3.05, 3.63) is 69.8 Å². The monoisotopic (exact) mass is 356 g/mol. The summed E-state index contributed by atoms with van der Waals surface area (Å²) in [6.45, 7) is 3.98. The van der Waals surface area contributed by atoms with Gasteiger partial charge in [-0.2, -0.15) is 16.9 Å². The lowest BCUT2D eigenvalue weighted by molar-refractivity contribution is -0.384. The summed E-state index contributed by atoms with van der Waals surface area (Å²) < 4.78 is 0. The van der Waals surface area contributed by atoms with Gasteiger partial charge in [0, 0.05) is 42.3 Å². The van der Waals surface area contributed by atoms with Crippen LogP contribution in [0.4, 0.5) is 11.4 Å². The number of nitrogens with zero attached hydrogens (tertiary/aromatic N) is 3. The molecule has 0 amide bonds. The fourth-order valence-corrected chi connectivity index (χ4v) is 3.47. The minimum absolute atomic E-state index is 0.0707. The molecule has 1 aliphatic rings. The third-order valence-electron chi connectivity index (χ3n) is 3.99. The zero-order valence-electron chi connectivity index (χ0n) is 14.0. The Morgan fingerprint density at radius 1 is 1.12 bits per heavy atom. The topological polar surface area (TPSA) is 70.8 Å². The third kappa shape index (κ3) is 4.51. The van der Waals surface area contributed by atoms with Crippen LogP contribution in [0.15, 0.2) is 53.6 Å². The number of non-ortho nitro benzene ring substituents is 1. The first kappa shape index (κ1) is 17.3. The van der Waals surface area contributed by atoms with Gasteiger partial charge in [0.2, 0.25) is 0 Å². The van der Waals surface area contributed by atoms with Gasteiger partial charge in [-0.3, -0.25) is 15.5 Å². The number of amidine groups is 1. The molecule has 1 fully saturated rings. The van der Waals surface area contributed by atoms with E-state index in [1.54, 1.807) is 12.1 Å². The standard InChI is InChI=1S/C18H20N4O2S/c1-14-2-4-15(5-3-14)18(21-10-12-25-13-11-21)20-19-16-6-8-17(9-7-16)22(23)24/h2-9,19H,10-13H2,1H3. The Bertz CT molecular complexity index is 754. The predicted molar refractivity (Wildman–Crippen MR) is 103 cm³/mol. The maximum absolute atomic E-state index is 10.7. The van der Waals surface area contributed by atoms with Crippen LogP contribution in [0.25, 0.3) is 0 Å². The normalized spacial score (nSPS) is 15.1. The Balaban J connectivity index is 1.83. The lowest BCUT2D eigenvalue weighted by Crippen LogP contribution is -2.39. The van der Waals surface area contributed by atoms with E-state index in [1.165, 1.54) is 17.7 Å². The average molecular weight is 356 g/mol. The minimum Gasteiger partial charge on any atom is -0.353 e. The molecule has 1 saturated heterocycles. The Morgan fingerprint density at radius 3 is 2.36 bits per heavy atom. The fourth-order valence-electron chi connectivity index (χ4n) is 2.57. The van der Waals surface area contributed by atoms with E-state index in [2.05, 4.69) is 46.6 Å². The van der Waals surface area contributed by atoms with Gasteiger partial charge in [-0.15, -0.1) is 0 Å². The maximum Gasteiger partial charge on any atom is 0.269 e. The molecule has 0 radical (unpaired) electrons. The number of hydrazone groups is 1. The molecule has 0 saturated carbocycles. The molecule has 0 aromatic heterocycles. The van der Waals surface area contributed by atoms with Crippen LogP contribution in [0.3, 0.4) is 0 Å². The molecule has 25 heavy (non-hydrogen) atoms. The summed E-state index contributed by atoms with van der Waals surface area (Å²) in [7, 11) is 0. The number of thioether (sulfide) groups is 1. The van der Waals surface area contributed by atoms with Crippen LogP contribution in [-0.2, 0) is 0 Å². The number of nitro groups is 1. The highest BCUT2D eigenvalue weighted by molar-refractivity contribution is 7.99. The van der Waals surface area contributed by atoms with E-state index in [9.17, 15) is 10.1 Å². The molecule has 0 atom stereocenters. The zero-order chi connectivity index (χ0) is 17.6. The second kappa shape index (κ2) is 8.02. The van der Waals surface area contributed by atoms with E-state index in [0.29, 0.717) is 0 Å². The van der Waals surface area contributed by atoms with Crippen LogP contribution in [0.5, 0.6) is 0 Å². The van der Waals surface area contributed by atoms with Crippen molar-refractivity contribution in [2.24, 2.45) is 5.10 Å². The Kier molecular flexibility index (Phi) is 5.55. The molecule has 1 heterocycles. The molecule has 0 aliphatic carbocycles. The van der Waals surface area contributed by atoms with E-state index < -0.39 is 4.92 Å². The summed E-state index contributed by atoms with van der Waals surface area (Å²) in [5.41, 5.74) is 6.10. The third-order valence-corrected chi connectivity index (χ3v) is 4.93. The van der Waals surface area contributed by atoms with E-state index in [1.807, 2.05) is 11.8 Å². The molecule has 1 aliphatic heterocycles. The molecule has 130 valence electrons. The van der Waals surface area contributed by atoms with Crippen molar-refractivity contribution in [2.75, 3.05) is 30.0 Å². The lowest BCUT2D eigenvalue weighted by atomic mass is 10.1. The smallest absolute Gasteiger partial charge is 0.269 e. The Labute approximate surface area is 151 Å². The molecule has 0 bridgehead atoms. The molecule has 2 aromatic carbocycles. The highest BCUT2D eigenvalue weighted by Crippen LogP contribution is 2.18. The van der Waals surface area contributed by atoms with Gasteiger partial charge >= 0.3 is 0 Å². The first-order valence-corrected chi connectivity index (χ1v) is 9.27. The number of nitrogens with one attached hydrogen (secondary N) is 1. The van der Waals surface area contributed by atoms with Crippen molar-refractivity contribution >= 4 is 29.0 Å². The van der Waals surface area contributed by atoms with Crippen LogP contribution in [0.1, 0.15) is 11.1 Å². The summed E-state index contributed by atoms with van der Waals surface area (Å²) in [4.78, 5) is 12.6. The molecule has 7 heteroatoms. The van der Waals surface area contributed by atoms with Crippen molar-refractivity contribution < 1.29 is 4.92 Å². The Morgan fingerprint density at radius 2 is 1.76 bits per heavy atom. The number of benzene rings is 2. The first-order valence-electron chi connectivity index (χ1n) is 8.11. The van der Waals surface area contributed by atoms with Crippen molar-refractivity contribution in [2.45, 2.75) is 6.92 Å². The average Bonchev–Trinajstić information content (AvgIpc) is 2.64. The largest absolute Gasteiger partial charge is 0.353 e. The SMILES string of the molecule is Cc1ccc(C(=NNc2ccc([N+](=O)[O-])cc2)N2CCSCC2)cc1. The zero-order valence-corrected chi connectivity index (χ0v) is 14.8. The molecule has 0 spiro atoms. The van der Waals surface area contributed by atoms with E-state index in [-0.39, 0.29) is 5.69 Å². The minimum atomic E-state index is -0.407. The summed E-state index contributed by atoms with van der Waals surface area (Å²) in [5, 5.41) is 15.4. The summed E-state index contributed by atoms with van der Waals surface area (Å²) in [5.74, 6) is 3.07. The second-order valence-electron chi connectivity index (χ2n) is 5.82. The van der Waals surface area contributed by atoms with Gasteiger partial charge in [0.05, 0.1) is 10.6 Å². The number of hydrogen-bond donors (Lipinski definition) is 1. The van der Waals surface area contributed by atoms with Gasteiger partial charge in [-0.1, -0.05) is 29.8 Å². The fraction of sp³-hybridized carbons (Fsp3) is 0.278. The molecular weight excluding hydrogens is 336 g/mol. The highest BCUT2D eigenvalue weighted by Gasteiger charge is 2.17. The number of nitro benzene ring substituents is 1. The van der Waals surface area contributed by atoms with Crippen molar-refractivity contribution in [3.63, 3.8) is 0 Å². The number of rotatable bonds is 4. The molecule has 3 rings (SSSR count). The molecule has 2 aromatic rings. The van der Waals surface area contributed by atoms with Crippen LogP contribution in [-0.4, -0.2) is 40.3 Å². The second-order valence-corrected chi connectivity index (χ2v) is 7.04.